The lowest BCUT2D eigenvalue weighted by molar-refractivity contribution is 0.0944. The Balaban J connectivity index is 0.00000320. The van der Waals surface area contributed by atoms with Gasteiger partial charge in [-0.2, -0.15) is 0 Å². The summed E-state index contributed by atoms with van der Waals surface area (Å²) >= 11 is 6.09. The van der Waals surface area contributed by atoms with Crippen molar-refractivity contribution in [3.05, 3.63) is 70.1 Å². The second-order valence-corrected chi connectivity index (χ2v) is 6.53. The Morgan fingerprint density at radius 1 is 1.17 bits per heavy atom. The van der Waals surface area contributed by atoms with E-state index in [1.807, 2.05) is 0 Å². The number of carbonyl (C=O) groups excluding carboxylic acids is 1. The molecule has 0 atom stereocenters. The van der Waals surface area contributed by atoms with Crippen LogP contribution in [0.3, 0.4) is 0 Å². The lowest BCUT2D eigenvalue weighted by Gasteiger charge is -2.13. The van der Waals surface area contributed by atoms with E-state index in [1.165, 1.54) is 12.1 Å². The third kappa shape index (κ3) is 6.58. The van der Waals surface area contributed by atoms with Crippen molar-refractivity contribution < 1.29 is 18.6 Å². The summed E-state index contributed by atoms with van der Waals surface area (Å²) in [6, 6.07) is 11.4. The quantitative estimate of drug-likeness (QED) is 0.424. The lowest BCUT2D eigenvalue weighted by atomic mass is 10.2. The molecule has 2 aromatic carbocycles. The topological polar surface area (TPSA) is 115 Å². The van der Waals surface area contributed by atoms with Crippen molar-refractivity contribution in [2.45, 2.75) is 13.2 Å². The Morgan fingerprint density at radius 2 is 1.93 bits per heavy atom. The Bertz CT molecular complexity index is 969. The molecule has 1 heterocycles. The molecule has 4 N–H and O–H groups in total. The van der Waals surface area contributed by atoms with Crippen molar-refractivity contribution >= 4 is 35.7 Å². The molecule has 0 saturated carbocycles. The van der Waals surface area contributed by atoms with Gasteiger partial charge in [-0.15, -0.1) is 12.4 Å². The predicted octanol–water partition coefficient (Wildman–Crippen LogP) is 2.96. The van der Waals surface area contributed by atoms with Gasteiger partial charge in [-0.3, -0.25) is 4.79 Å². The molecule has 3 rings (SSSR count). The fourth-order valence-electron chi connectivity index (χ4n) is 2.49. The zero-order chi connectivity index (χ0) is 20.6. The first kappa shape index (κ1) is 23.4. The van der Waals surface area contributed by atoms with Crippen LogP contribution in [-0.2, 0) is 13.2 Å². The molecule has 8 nitrogen and oxygen atoms in total. The number of nitrogens with two attached hydrogens (primary N) is 1. The van der Waals surface area contributed by atoms with Crippen LogP contribution in [0.25, 0.3) is 0 Å². The number of nitrogens with one attached hydrogen (secondary N) is 2. The van der Waals surface area contributed by atoms with E-state index in [2.05, 4.69) is 25.6 Å². The molecular formula is C19H20Cl2FN5O3. The maximum Gasteiger partial charge on any atom is 0.277 e. The van der Waals surface area contributed by atoms with E-state index < -0.39 is 5.91 Å². The Kier molecular flexibility index (Phi) is 8.85. The third-order valence-electron chi connectivity index (χ3n) is 3.96. The Morgan fingerprint density at radius 3 is 2.63 bits per heavy atom. The number of aromatic nitrogens is 2. The van der Waals surface area contributed by atoms with Gasteiger partial charge in [0.05, 0.1) is 0 Å². The number of amides is 1. The van der Waals surface area contributed by atoms with Crippen molar-refractivity contribution in [3.8, 4) is 5.75 Å². The van der Waals surface area contributed by atoms with Crippen molar-refractivity contribution in [1.82, 2.24) is 20.9 Å². The molecule has 160 valence electrons. The van der Waals surface area contributed by atoms with Crippen LogP contribution in [0.4, 0.5) is 10.2 Å². The Hall–Kier alpha value is -2.88. The van der Waals surface area contributed by atoms with Crippen molar-refractivity contribution in [2.24, 2.45) is 0 Å². The van der Waals surface area contributed by atoms with Gasteiger partial charge in [0.25, 0.3) is 5.91 Å². The van der Waals surface area contributed by atoms with E-state index in [0.717, 1.165) is 11.1 Å². The molecule has 30 heavy (non-hydrogen) atoms. The third-order valence-corrected chi connectivity index (χ3v) is 4.20. The standard InChI is InChI=1S/C19H19ClFN5O3.ClH/c20-14-3-6-16(28-11-12-1-4-15(21)5-2-12)13(9-14)10-23-7-8-24-19(27)17-18(22)26-29-25-17;/h1-6,9,23H,7-8,10-11H2,(H2,22,26)(H,24,27);1H. The van der Waals surface area contributed by atoms with E-state index >= 15 is 0 Å². The maximum atomic E-state index is 13.0. The first-order valence-electron chi connectivity index (χ1n) is 8.75. The fraction of sp³-hybridized carbons (Fsp3) is 0.211. The minimum atomic E-state index is -0.461. The number of hydrogen-bond donors (Lipinski definition) is 3. The fourth-order valence-corrected chi connectivity index (χ4v) is 2.69. The highest BCUT2D eigenvalue weighted by Crippen LogP contribution is 2.24. The summed E-state index contributed by atoms with van der Waals surface area (Å²) in [5, 5.41) is 13.2. The zero-order valence-corrected chi connectivity index (χ0v) is 17.3. The summed E-state index contributed by atoms with van der Waals surface area (Å²) < 4.78 is 23.2. The normalized spacial score (nSPS) is 10.3. The van der Waals surface area contributed by atoms with Crippen LogP contribution >= 0.6 is 24.0 Å². The highest BCUT2D eigenvalue weighted by molar-refractivity contribution is 6.30. The van der Waals surface area contributed by atoms with Gasteiger partial charge in [0.1, 0.15) is 18.2 Å². The molecule has 0 radical (unpaired) electrons. The molecule has 0 fully saturated rings. The molecule has 1 aromatic heterocycles. The van der Waals surface area contributed by atoms with Gasteiger partial charge in [0, 0.05) is 30.2 Å². The van der Waals surface area contributed by atoms with Gasteiger partial charge in [-0.25, -0.2) is 9.02 Å². The molecule has 0 saturated heterocycles. The zero-order valence-electron chi connectivity index (χ0n) is 15.7. The molecule has 0 spiro atoms. The molecular weight excluding hydrogens is 436 g/mol. The minimum Gasteiger partial charge on any atom is -0.489 e. The number of benzene rings is 2. The van der Waals surface area contributed by atoms with Crippen LogP contribution in [0.1, 0.15) is 21.6 Å². The molecule has 0 aliphatic rings. The summed E-state index contributed by atoms with van der Waals surface area (Å²) in [6.07, 6.45) is 0. The number of nitrogen functional groups attached to an aromatic ring is 1. The summed E-state index contributed by atoms with van der Waals surface area (Å²) in [7, 11) is 0. The van der Waals surface area contributed by atoms with Gasteiger partial charge in [-0.1, -0.05) is 23.7 Å². The highest BCUT2D eigenvalue weighted by Gasteiger charge is 2.15. The van der Waals surface area contributed by atoms with E-state index in [9.17, 15) is 9.18 Å². The number of carbonyl (C=O) groups is 1. The number of halogens is 3. The van der Waals surface area contributed by atoms with E-state index in [4.69, 9.17) is 22.1 Å². The van der Waals surface area contributed by atoms with Gasteiger partial charge < -0.3 is 21.1 Å². The number of anilines is 1. The van der Waals surface area contributed by atoms with Crippen LogP contribution in [0.15, 0.2) is 47.1 Å². The van der Waals surface area contributed by atoms with Crippen LogP contribution in [0.2, 0.25) is 5.02 Å². The summed E-state index contributed by atoms with van der Waals surface area (Å²) in [4.78, 5) is 11.9. The summed E-state index contributed by atoms with van der Waals surface area (Å²) in [6.45, 7) is 1.61. The summed E-state index contributed by atoms with van der Waals surface area (Å²) in [5.41, 5.74) is 7.13. The number of nitrogens with zero attached hydrogens (tertiary/aromatic N) is 2. The number of ether oxygens (including phenoxy) is 1. The molecule has 1 amide bonds. The molecule has 0 unspecified atom stereocenters. The maximum absolute atomic E-state index is 13.0. The molecule has 0 aliphatic carbocycles. The van der Waals surface area contributed by atoms with E-state index in [-0.39, 0.29) is 29.7 Å². The van der Waals surface area contributed by atoms with Gasteiger partial charge in [0.2, 0.25) is 11.5 Å². The number of rotatable bonds is 9. The highest BCUT2D eigenvalue weighted by atomic mass is 35.5. The molecule has 3 aromatic rings. The molecule has 0 aliphatic heterocycles. The average Bonchev–Trinajstić information content (AvgIpc) is 3.14. The van der Waals surface area contributed by atoms with Crippen molar-refractivity contribution in [1.29, 1.82) is 0 Å². The second kappa shape index (κ2) is 11.3. The predicted molar refractivity (Wildman–Crippen MR) is 112 cm³/mol. The van der Waals surface area contributed by atoms with Crippen LogP contribution < -0.4 is 21.1 Å². The Labute approximate surface area is 183 Å². The van der Waals surface area contributed by atoms with Crippen LogP contribution in [0, 0.1) is 5.82 Å². The second-order valence-electron chi connectivity index (χ2n) is 6.10. The van der Waals surface area contributed by atoms with E-state index in [1.54, 1.807) is 30.3 Å². The lowest BCUT2D eigenvalue weighted by Crippen LogP contribution is -2.32. The first-order valence-corrected chi connectivity index (χ1v) is 9.13. The van der Waals surface area contributed by atoms with E-state index in [0.29, 0.717) is 37.0 Å². The van der Waals surface area contributed by atoms with Gasteiger partial charge in [0.15, 0.2) is 0 Å². The van der Waals surface area contributed by atoms with Crippen molar-refractivity contribution in [3.63, 3.8) is 0 Å². The van der Waals surface area contributed by atoms with Crippen LogP contribution in [-0.4, -0.2) is 29.3 Å². The smallest absolute Gasteiger partial charge is 0.277 e. The minimum absolute atomic E-state index is 0. The summed E-state index contributed by atoms with van der Waals surface area (Å²) in [5.74, 6) is -0.148. The molecule has 11 heteroatoms. The average molecular weight is 456 g/mol. The van der Waals surface area contributed by atoms with Crippen LogP contribution in [0.5, 0.6) is 5.75 Å². The van der Waals surface area contributed by atoms with Gasteiger partial charge >= 0.3 is 0 Å². The molecule has 0 bridgehead atoms. The van der Waals surface area contributed by atoms with Gasteiger partial charge in [-0.05, 0) is 46.2 Å². The van der Waals surface area contributed by atoms with Crippen molar-refractivity contribution in [2.75, 3.05) is 18.8 Å². The largest absolute Gasteiger partial charge is 0.489 e. The number of hydrogen-bond acceptors (Lipinski definition) is 7. The monoisotopic (exact) mass is 455 g/mol. The SMILES string of the molecule is Cl.Nc1nonc1C(=O)NCCNCc1cc(Cl)ccc1OCc1ccc(F)cc1. The first-order chi connectivity index (χ1) is 14.0.